The molecule has 1 aliphatic rings. The number of carbonyl (C=O) groups excluding carboxylic acids is 1. The van der Waals surface area contributed by atoms with Crippen molar-refractivity contribution >= 4 is 11.6 Å². The van der Waals surface area contributed by atoms with E-state index in [2.05, 4.69) is 5.32 Å². The molecule has 2 aromatic rings. The molecule has 0 fully saturated rings. The van der Waals surface area contributed by atoms with E-state index in [1.54, 1.807) is 0 Å². The molecule has 0 saturated carbocycles. The molecule has 0 bridgehead atoms. The lowest BCUT2D eigenvalue weighted by atomic mass is 10.1. The number of hydrogen-bond acceptors (Lipinski definition) is 3. The van der Waals surface area contributed by atoms with E-state index in [9.17, 15) is 4.79 Å². The Kier molecular flexibility index (Phi) is 3.69. The van der Waals surface area contributed by atoms with Crippen LogP contribution >= 0.6 is 0 Å². The third-order valence-electron chi connectivity index (χ3n) is 2.98. The van der Waals surface area contributed by atoms with Crippen LogP contribution in [0.3, 0.4) is 0 Å². The summed E-state index contributed by atoms with van der Waals surface area (Å²) in [5, 5.41) is 2.74. The van der Waals surface area contributed by atoms with Gasteiger partial charge < -0.3 is 14.8 Å². The zero-order chi connectivity index (χ0) is 14.5. The van der Waals surface area contributed by atoms with Gasteiger partial charge in [-0.3, -0.25) is 4.79 Å². The summed E-state index contributed by atoms with van der Waals surface area (Å²) in [6.45, 7) is 0. The standard InChI is InChI=1S/C17H13NO3/c19-17(16-12-20-10-11-21-16)18-15-8-6-14(7-9-15)13-4-2-1-3-5-13/h1-12H,(H,18,19). The largest absolute Gasteiger partial charge is 0.465 e. The van der Waals surface area contributed by atoms with Crippen molar-refractivity contribution in [1.82, 2.24) is 0 Å². The van der Waals surface area contributed by atoms with Crippen molar-refractivity contribution in [3.8, 4) is 11.1 Å². The Morgan fingerprint density at radius 1 is 0.857 bits per heavy atom. The lowest BCUT2D eigenvalue weighted by molar-refractivity contribution is -0.115. The molecule has 21 heavy (non-hydrogen) atoms. The molecular weight excluding hydrogens is 266 g/mol. The van der Waals surface area contributed by atoms with E-state index in [4.69, 9.17) is 9.47 Å². The SMILES string of the molecule is O=C(Nc1ccc(-c2ccccc2)cc1)C1=COC=CO1. The third-order valence-corrected chi connectivity index (χ3v) is 2.98. The molecule has 4 nitrogen and oxygen atoms in total. The van der Waals surface area contributed by atoms with E-state index >= 15 is 0 Å². The second-order valence-electron chi connectivity index (χ2n) is 4.41. The Balaban J connectivity index is 1.70. The highest BCUT2D eigenvalue weighted by Crippen LogP contribution is 2.21. The molecule has 104 valence electrons. The number of rotatable bonds is 3. The molecule has 0 aliphatic carbocycles. The minimum atomic E-state index is -0.355. The molecule has 0 aromatic heterocycles. The number of hydrogen-bond donors (Lipinski definition) is 1. The second-order valence-corrected chi connectivity index (χ2v) is 4.41. The van der Waals surface area contributed by atoms with Crippen LogP contribution in [0.2, 0.25) is 0 Å². The van der Waals surface area contributed by atoms with Gasteiger partial charge in [-0.1, -0.05) is 42.5 Å². The number of nitrogens with one attached hydrogen (secondary N) is 1. The second kappa shape index (κ2) is 5.96. The Morgan fingerprint density at radius 3 is 2.24 bits per heavy atom. The van der Waals surface area contributed by atoms with Crippen LogP contribution in [0.4, 0.5) is 5.69 Å². The van der Waals surface area contributed by atoms with Crippen molar-refractivity contribution in [3.63, 3.8) is 0 Å². The van der Waals surface area contributed by atoms with Gasteiger partial charge in [0.25, 0.3) is 5.91 Å². The van der Waals surface area contributed by atoms with Crippen LogP contribution in [-0.2, 0) is 14.3 Å². The fraction of sp³-hybridized carbons (Fsp3) is 0. The van der Waals surface area contributed by atoms with E-state index in [1.807, 2.05) is 54.6 Å². The molecule has 0 atom stereocenters. The number of benzene rings is 2. The van der Waals surface area contributed by atoms with Crippen LogP contribution in [0.1, 0.15) is 0 Å². The quantitative estimate of drug-likeness (QED) is 0.932. The minimum Gasteiger partial charge on any atom is -0.465 e. The summed E-state index contributed by atoms with van der Waals surface area (Å²) >= 11 is 0. The summed E-state index contributed by atoms with van der Waals surface area (Å²) in [4.78, 5) is 11.9. The molecule has 1 heterocycles. The summed E-state index contributed by atoms with van der Waals surface area (Å²) in [5.41, 5.74) is 2.92. The summed E-state index contributed by atoms with van der Waals surface area (Å²) in [7, 11) is 0. The molecule has 4 heteroatoms. The zero-order valence-corrected chi connectivity index (χ0v) is 11.2. The molecule has 0 saturated heterocycles. The van der Waals surface area contributed by atoms with Crippen LogP contribution in [-0.4, -0.2) is 5.91 Å². The molecule has 1 amide bonds. The molecule has 1 aliphatic heterocycles. The zero-order valence-electron chi connectivity index (χ0n) is 11.2. The number of amides is 1. The Bertz CT molecular complexity index is 688. The van der Waals surface area contributed by atoms with Crippen molar-refractivity contribution in [2.75, 3.05) is 5.32 Å². The summed E-state index contributed by atoms with van der Waals surface area (Å²) in [6, 6.07) is 17.6. The maximum Gasteiger partial charge on any atom is 0.294 e. The van der Waals surface area contributed by atoms with Crippen LogP contribution in [0.5, 0.6) is 0 Å². The smallest absolute Gasteiger partial charge is 0.294 e. The van der Waals surface area contributed by atoms with Gasteiger partial charge in [-0.15, -0.1) is 0 Å². The highest BCUT2D eigenvalue weighted by molar-refractivity contribution is 6.02. The van der Waals surface area contributed by atoms with E-state index in [0.29, 0.717) is 5.69 Å². The van der Waals surface area contributed by atoms with E-state index < -0.39 is 0 Å². The molecule has 0 unspecified atom stereocenters. The third kappa shape index (κ3) is 3.12. The Labute approximate surface area is 122 Å². The predicted octanol–water partition coefficient (Wildman–Crippen LogP) is 3.65. The highest BCUT2D eigenvalue weighted by atomic mass is 16.5. The lowest BCUT2D eigenvalue weighted by Gasteiger charge is -2.10. The summed E-state index contributed by atoms with van der Waals surface area (Å²) in [5.74, 6) is -0.239. The van der Waals surface area contributed by atoms with Crippen molar-refractivity contribution in [2.24, 2.45) is 0 Å². The number of carbonyl (C=O) groups is 1. The normalized spacial score (nSPS) is 12.9. The highest BCUT2D eigenvalue weighted by Gasteiger charge is 2.13. The molecule has 0 radical (unpaired) electrons. The topological polar surface area (TPSA) is 47.6 Å². The lowest BCUT2D eigenvalue weighted by Crippen LogP contribution is -2.16. The molecule has 0 spiro atoms. The first-order valence-electron chi connectivity index (χ1n) is 6.47. The summed E-state index contributed by atoms with van der Waals surface area (Å²) in [6.07, 6.45) is 3.92. The van der Waals surface area contributed by atoms with Gasteiger partial charge in [0.15, 0.2) is 0 Å². The van der Waals surface area contributed by atoms with E-state index in [0.717, 1.165) is 11.1 Å². The van der Waals surface area contributed by atoms with E-state index in [1.165, 1.54) is 18.8 Å². The Hall–Kier alpha value is -3.01. The minimum absolute atomic E-state index is 0.115. The van der Waals surface area contributed by atoms with E-state index in [-0.39, 0.29) is 11.7 Å². The van der Waals surface area contributed by atoms with Crippen molar-refractivity contribution in [2.45, 2.75) is 0 Å². The average molecular weight is 279 g/mol. The molecule has 3 rings (SSSR count). The average Bonchev–Trinajstić information content (AvgIpc) is 2.57. The molecule has 1 N–H and O–H groups in total. The van der Waals surface area contributed by atoms with Gasteiger partial charge in [-0.25, -0.2) is 0 Å². The van der Waals surface area contributed by atoms with Crippen molar-refractivity contribution < 1.29 is 14.3 Å². The maximum absolute atomic E-state index is 11.9. The predicted molar refractivity (Wildman–Crippen MR) is 79.9 cm³/mol. The van der Waals surface area contributed by atoms with Crippen LogP contribution in [0.15, 0.2) is 79.1 Å². The van der Waals surface area contributed by atoms with Gasteiger partial charge in [-0.2, -0.15) is 0 Å². The van der Waals surface area contributed by atoms with Crippen LogP contribution in [0.25, 0.3) is 11.1 Å². The van der Waals surface area contributed by atoms with Gasteiger partial charge >= 0.3 is 0 Å². The Morgan fingerprint density at radius 2 is 1.57 bits per heavy atom. The first kappa shape index (κ1) is 13.0. The van der Waals surface area contributed by atoms with Crippen molar-refractivity contribution in [3.05, 3.63) is 79.1 Å². The fourth-order valence-electron chi connectivity index (χ4n) is 1.94. The summed E-state index contributed by atoms with van der Waals surface area (Å²) < 4.78 is 9.94. The van der Waals surface area contributed by atoms with Gasteiger partial charge in [0.2, 0.25) is 5.76 Å². The van der Waals surface area contributed by atoms with Crippen molar-refractivity contribution in [1.29, 1.82) is 0 Å². The number of ether oxygens (including phenoxy) is 2. The number of anilines is 1. The molecular formula is C17H13NO3. The molecule has 2 aromatic carbocycles. The first-order chi connectivity index (χ1) is 10.3. The fourth-order valence-corrected chi connectivity index (χ4v) is 1.94. The van der Waals surface area contributed by atoms with Crippen LogP contribution in [0, 0.1) is 0 Å². The van der Waals surface area contributed by atoms with Crippen LogP contribution < -0.4 is 5.32 Å². The first-order valence-corrected chi connectivity index (χ1v) is 6.47. The van der Waals surface area contributed by atoms with Gasteiger partial charge in [0.05, 0.1) is 0 Å². The van der Waals surface area contributed by atoms with Gasteiger partial charge in [0.1, 0.15) is 18.8 Å². The monoisotopic (exact) mass is 279 g/mol. The van der Waals surface area contributed by atoms with Gasteiger partial charge in [-0.05, 0) is 23.3 Å². The maximum atomic E-state index is 11.9. The van der Waals surface area contributed by atoms with Gasteiger partial charge in [0, 0.05) is 5.69 Å².